The van der Waals surface area contributed by atoms with E-state index in [2.05, 4.69) is 46.3 Å². The van der Waals surface area contributed by atoms with Gasteiger partial charge < -0.3 is 15.2 Å². The maximum absolute atomic E-state index is 11.3. The summed E-state index contributed by atoms with van der Waals surface area (Å²) in [7, 11) is 3.13. The summed E-state index contributed by atoms with van der Waals surface area (Å²) >= 11 is 0. The Kier molecular flexibility index (Phi) is 9.70. The molecule has 0 amide bonds. The number of carbonyl (C=O) groups excluding carboxylic acids is 1. The van der Waals surface area contributed by atoms with Gasteiger partial charge in [-0.05, 0) is 32.4 Å². The van der Waals surface area contributed by atoms with Gasteiger partial charge in [0.15, 0.2) is 0 Å². The van der Waals surface area contributed by atoms with E-state index in [-0.39, 0.29) is 18.8 Å². The van der Waals surface area contributed by atoms with E-state index in [1.807, 2.05) is 13.1 Å². The number of hydrogen-bond donors (Lipinski definition) is 2. The van der Waals surface area contributed by atoms with Crippen molar-refractivity contribution in [3.8, 4) is 0 Å². The lowest BCUT2D eigenvalue weighted by Crippen LogP contribution is -2.23. The summed E-state index contributed by atoms with van der Waals surface area (Å²) < 4.78 is 5.59. The summed E-state index contributed by atoms with van der Waals surface area (Å²) in [5, 5.41) is 26.2. The number of esters is 1. The van der Waals surface area contributed by atoms with Crippen molar-refractivity contribution in [1.82, 2.24) is 15.1 Å². The minimum absolute atomic E-state index is 0.0890. The van der Waals surface area contributed by atoms with Gasteiger partial charge in [-0.3, -0.25) is 14.8 Å². The first-order chi connectivity index (χ1) is 12.9. The van der Waals surface area contributed by atoms with E-state index in [1.54, 1.807) is 0 Å². The van der Waals surface area contributed by atoms with Gasteiger partial charge in [0.25, 0.3) is 0 Å². The van der Waals surface area contributed by atoms with E-state index in [0.29, 0.717) is 12.5 Å². The van der Waals surface area contributed by atoms with Crippen LogP contribution in [0.4, 0.5) is 5.69 Å². The molecule has 2 N–H and O–H groups in total. The van der Waals surface area contributed by atoms with Crippen molar-refractivity contribution in [2.24, 2.45) is 0 Å². The molecule has 0 saturated carbocycles. The normalized spacial score (nSPS) is 11.3. The van der Waals surface area contributed by atoms with Crippen LogP contribution in [0.2, 0.25) is 0 Å². The number of rotatable bonds is 8. The number of benzene rings is 1. The number of aryl methyl sites for hydroxylation is 1. The fourth-order valence-corrected chi connectivity index (χ4v) is 2.28. The van der Waals surface area contributed by atoms with Crippen LogP contribution in [0.3, 0.4) is 0 Å². The van der Waals surface area contributed by atoms with Crippen molar-refractivity contribution in [3.05, 3.63) is 57.9 Å². The maximum atomic E-state index is 11.3. The standard InChI is InChI=1S/C10H15N.C8H11N3O5/c1-9(11-2)8-10-6-4-3-5-7-10;1-16-8(13)7-6(11(14)15)5-9-10(7)3-2-4-12/h3-7,9,11H,8H2,1-2H3;5,12H,2-4H2,1H3/t9-;/m0./s1. The van der Waals surface area contributed by atoms with Crippen molar-refractivity contribution in [3.63, 3.8) is 0 Å². The molecule has 0 fully saturated rings. The Labute approximate surface area is 158 Å². The molecule has 0 spiro atoms. The Balaban J connectivity index is 0.000000289. The van der Waals surface area contributed by atoms with Crippen molar-refractivity contribution >= 4 is 11.7 Å². The lowest BCUT2D eigenvalue weighted by atomic mass is 10.1. The number of aromatic nitrogens is 2. The average molecular weight is 378 g/mol. The fraction of sp³-hybridized carbons (Fsp3) is 0.444. The van der Waals surface area contributed by atoms with Crippen LogP contribution in [0.5, 0.6) is 0 Å². The van der Waals surface area contributed by atoms with Gasteiger partial charge in [-0.1, -0.05) is 30.3 Å². The van der Waals surface area contributed by atoms with Crippen LogP contribution in [-0.4, -0.2) is 52.6 Å². The second-order valence-corrected chi connectivity index (χ2v) is 5.81. The van der Waals surface area contributed by atoms with E-state index >= 15 is 0 Å². The summed E-state index contributed by atoms with van der Waals surface area (Å²) in [5.74, 6) is -0.817. The summed E-state index contributed by atoms with van der Waals surface area (Å²) in [5.41, 5.74) is 0.792. The fourth-order valence-electron chi connectivity index (χ4n) is 2.28. The first-order valence-corrected chi connectivity index (χ1v) is 8.55. The molecule has 1 atom stereocenters. The smallest absolute Gasteiger partial charge is 0.363 e. The Bertz CT molecular complexity index is 718. The summed E-state index contributed by atoms with van der Waals surface area (Å²) in [6, 6.07) is 11.1. The zero-order chi connectivity index (χ0) is 20.2. The molecule has 27 heavy (non-hydrogen) atoms. The molecule has 0 bridgehead atoms. The molecule has 0 unspecified atom stereocenters. The highest BCUT2D eigenvalue weighted by molar-refractivity contribution is 5.91. The van der Waals surface area contributed by atoms with Crippen LogP contribution in [0.1, 0.15) is 29.4 Å². The SMILES string of the molecule is CN[C@@H](C)Cc1ccccc1.COC(=O)c1c([N+](=O)[O-])cnn1CCCO. The first kappa shape index (κ1) is 22.3. The Morgan fingerprint density at radius 2 is 2.07 bits per heavy atom. The van der Waals surface area contributed by atoms with E-state index in [0.717, 1.165) is 24.4 Å². The molecule has 0 aliphatic rings. The molecule has 2 rings (SSSR count). The third-order valence-corrected chi connectivity index (χ3v) is 3.80. The van der Waals surface area contributed by atoms with Gasteiger partial charge in [0, 0.05) is 19.2 Å². The minimum Gasteiger partial charge on any atom is -0.464 e. The number of aliphatic hydroxyl groups excluding tert-OH is 1. The summed E-state index contributed by atoms with van der Waals surface area (Å²) in [4.78, 5) is 21.3. The van der Waals surface area contributed by atoms with E-state index in [9.17, 15) is 14.9 Å². The highest BCUT2D eigenvalue weighted by Crippen LogP contribution is 2.18. The van der Waals surface area contributed by atoms with Gasteiger partial charge in [-0.2, -0.15) is 5.10 Å². The third-order valence-electron chi connectivity index (χ3n) is 3.80. The van der Waals surface area contributed by atoms with Crippen molar-refractivity contribution in [1.29, 1.82) is 0 Å². The Morgan fingerprint density at radius 1 is 1.41 bits per heavy atom. The van der Waals surface area contributed by atoms with Gasteiger partial charge in [0.2, 0.25) is 5.69 Å². The number of hydrogen-bond acceptors (Lipinski definition) is 7. The number of carbonyl (C=O) groups is 1. The van der Waals surface area contributed by atoms with Crippen molar-refractivity contribution in [2.45, 2.75) is 32.4 Å². The molecule has 148 valence electrons. The number of nitro groups is 1. The molecule has 1 heterocycles. The number of nitrogens with zero attached hydrogens (tertiary/aromatic N) is 3. The second kappa shape index (κ2) is 11.8. The molecule has 1 aromatic heterocycles. The Morgan fingerprint density at radius 3 is 2.59 bits per heavy atom. The summed E-state index contributed by atoms with van der Waals surface area (Å²) in [6.45, 7) is 2.32. The predicted molar refractivity (Wildman–Crippen MR) is 101 cm³/mol. The van der Waals surface area contributed by atoms with Gasteiger partial charge in [-0.25, -0.2) is 4.79 Å². The first-order valence-electron chi connectivity index (χ1n) is 8.55. The lowest BCUT2D eigenvalue weighted by molar-refractivity contribution is -0.385. The number of ether oxygens (including phenoxy) is 1. The molecular formula is C18H26N4O5. The number of methoxy groups -OCH3 is 1. The zero-order valence-electron chi connectivity index (χ0n) is 15.8. The largest absolute Gasteiger partial charge is 0.464 e. The molecule has 9 nitrogen and oxygen atoms in total. The van der Waals surface area contributed by atoms with Crippen LogP contribution < -0.4 is 5.32 Å². The highest BCUT2D eigenvalue weighted by Gasteiger charge is 2.27. The molecule has 0 saturated heterocycles. The maximum Gasteiger partial charge on any atom is 0.363 e. The van der Waals surface area contributed by atoms with Gasteiger partial charge in [-0.15, -0.1) is 0 Å². The van der Waals surface area contributed by atoms with Gasteiger partial charge in [0.05, 0.1) is 12.0 Å². The average Bonchev–Trinajstić information content (AvgIpc) is 3.11. The quantitative estimate of drug-likeness (QED) is 0.408. The topological polar surface area (TPSA) is 120 Å². The van der Waals surface area contributed by atoms with Crippen LogP contribution in [0.15, 0.2) is 36.5 Å². The molecule has 0 radical (unpaired) electrons. The summed E-state index contributed by atoms with van der Waals surface area (Å²) in [6.07, 6.45) is 2.45. The molecule has 1 aromatic carbocycles. The van der Waals surface area contributed by atoms with Crippen LogP contribution in [0, 0.1) is 10.1 Å². The van der Waals surface area contributed by atoms with Gasteiger partial charge >= 0.3 is 11.7 Å². The molecule has 0 aliphatic carbocycles. The molecular weight excluding hydrogens is 352 g/mol. The Hall–Kier alpha value is -2.78. The third kappa shape index (κ3) is 7.16. The van der Waals surface area contributed by atoms with Crippen molar-refractivity contribution in [2.75, 3.05) is 20.8 Å². The molecule has 9 heteroatoms. The number of likely N-dealkylation sites (N-methyl/N-ethyl adjacent to an activating group) is 1. The number of aliphatic hydroxyl groups is 1. The minimum atomic E-state index is -0.817. The number of nitrogens with one attached hydrogen (secondary N) is 1. The molecule has 0 aliphatic heterocycles. The van der Waals surface area contributed by atoms with Crippen LogP contribution in [-0.2, 0) is 17.7 Å². The van der Waals surface area contributed by atoms with E-state index in [4.69, 9.17) is 5.11 Å². The van der Waals surface area contributed by atoms with Crippen LogP contribution >= 0.6 is 0 Å². The van der Waals surface area contributed by atoms with E-state index in [1.165, 1.54) is 5.56 Å². The highest BCUT2D eigenvalue weighted by atomic mass is 16.6. The monoisotopic (exact) mass is 378 g/mol. The lowest BCUT2D eigenvalue weighted by Gasteiger charge is -2.08. The van der Waals surface area contributed by atoms with Crippen molar-refractivity contribution < 1.29 is 19.6 Å². The second-order valence-electron chi connectivity index (χ2n) is 5.81. The van der Waals surface area contributed by atoms with E-state index < -0.39 is 16.6 Å². The van der Waals surface area contributed by atoms with Gasteiger partial charge in [0.1, 0.15) is 6.20 Å². The predicted octanol–water partition coefficient (Wildman–Crippen LogP) is 1.80. The molecule has 2 aromatic rings. The van der Waals surface area contributed by atoms with Crippen LogP contribution in [0.25, 0.3) is 0 Å². The zero-order valence-corrected chi connectivity index (χ0v) is 15.8.